The van der Waals surface area contributed by atoms with Gasteiger partial charge in [0.25, 0.3) is 0 Å². The highest BCUT2D eigenvalue weighted by atomic mass is 16.5. The van der Waals surface area contributed by atoms with Gasteiger partial charge >= 0.3 is 0 Å². The highest BCUT2D eigenvalue weighted by Gasteiger charge is 2.34. The van der Waals surface area contributed by atoms with E-state index in [0.717, 1.165) is 31.6 Å². The third-order valence-electron chi connectivity index (χ3n) is 3.88. The van der Waals surface area contributed by atoms with E-state index >= 15 is 0 Å². The second-order valence-electron chi connectivity index (χ2n) is 4.92. The van der Waals surface area contributed by atoms with Crippen LogP contribution in [0.4, 0.5) is 5.69 Å². The Morgan fingerprint density at radius 2 is 2.28 bits per heavy atom. The van der Waals surface area contributed by atoms with Crippen molar-refractivity contribution < 1.29 is 9.53 Å². The Kier molecular flexibility index (Phi) is 3.06. The zero-order valence-corrected chi connectivity index (χ0v) is 10.6. The number of para-hydroxylation sites is 1. The number of methoxy groups -OCH3 is 1. The molecule has 2 aliphatic rings. The summed E-state index contributed by atoms with van der Waals surface area (Å²) >= 11 is 0. The molecular weight excluding hydrogens is 228 g/mol. The molecule has 0 radical (unpaired) electrons. The summed E-state index contributed by atoms with van der Waals surface area (Å²) in [6, 6.07) is 8.05. The molecule has 1 amide bonds. The lowest BCUT2D eigenvalue weighted by Gasteiger charge is -2.21. The van der Waals surface area contributed by atoms with Crippen LogP contribution in [0.3, 0.4) is 0 Å². The first-order valence-electron chi connectivity index (χ1n) is 6.45. The number of nitrogens with one attached hydrogen (secondary N) is 1. The van der Waals surface area contributed by atoms with Gasteiger partial charge in [0.2, 0.25) is 5.91 Å². The summed E-state index contributed by atoms with van der Waals surface area (Å²) in [4.78, 5) is 14.4. The molecule has 0 aromatic heterocycles. The van der Waals surface area contributed by atoms with Crippen molar-refractivity contribution in [2.24, 2.45) is 0 Å². The standard InChI is InChI=1S/C14H18N2O2/c1-18-11-8-12(15-9-11)14(17)16-7-6-10-4-2-3-5-13(10)16/h2-5,11-12,15H,6-9H2,1H3. The van der Waals surface area contributed by atoms with Crippen molar-refractivity contribution in [3.8, 4) is 0 Å². The molecule has 1 saturated heterocycles. The lowest BCUT2D eigenvalue weighted by molar-refractivity contribution is -0.120. The molecule has 4 nitrogen and oxygen atoms in total. The maximum Gasteiger partial charge on any atom is 0.244 e. The van der Waals surface area contributed by atoms with E-state index < -0.39 is 0 Å². The molecule has 1 fully saturated rings. The molecule has 0 saturated carbocycles. The molecule has 96 valence electrons. The fourth-order valence-electron chi connectivity index (χ4n) is 2.83. The number of hydrogen-bond acceptors (Lipinski definition) is 3. The van der Waals surface area contributed by atoms with Gasteiger partial charge in [0.15, 0.2) is 0 Å². The Hall–Kier alpha value is -1.39. The van der Waals surface area contributed by atoms with Crippen molar-refractivity contribution in [3.63, 3.8) is 0 Å². The average molecular weight is 246 g/mol. The first kappa shape index (κ1) is 11.7. The minimum Gasteiger partial charge on any atom is -0.380 e. The third kappa shape index (κ3) is 1.91. The molecule has 4 heteroatoms. The topological polar surface area (TPSA) is 41.6 Å². The van der Waals surface area contributed by atoms with Crippen molar-refractivity contribution in [2.45, 2.75) is 25.0 Å². The largest absolute Gasteiger partial charge is 0.380 e. The van der Waals surface area contributed by atoms with Crippen LogP contribution in [0.25, 0.3) is 0 Å². The van der Waals surface area contributed by atoms with Gasteiger partial charge in [-0.1, -0.05) is 18.2 Å². The molecule has 18 heavy (non-hydrogen) atoms. The lowest BCUT2D eigenvalue weighted by Crippen LogP contribution is -2.42. The van der Waals surface area contributed by atoms with Gasteiger partial charge in [-0.15, -0.1) is 0 Å². The van der Waals surface area contributed by atoms with Crippen LogP contribution in [-0.2, 0) is 16.0 Å². The number of carbonyl (C=O) groups is 1. The SMILES string of the molecule is COC1CNC(C(=O)N2CCc3ccccc32)C1. The van der Waals surface area contributed by atoms with E-state index in [0.29, 0.717) is 0 Å². The highest BCUT2D eigenvalue weighted by Crippen LogP contribution is 2.28. The maximum atomic E-state index is 12.5. The predicted octanol–water partition coefficient (Wildman–Crippen LogP) is 0.953. The summed E-state index contributed by atoms with van der Waals surface area (Å²) in [6.07, 6.45) is 1.90. The Labute approximate surface area is 107 Å². The van der Waals surface area contributed by atoms with E-state index in [4.69, 9.17) is 4.74 Å². The van der Waals surface area contributed by atoms with Crippen molar-refractivity contribution in [1.82, 2.24) is 5.32 Å². The summed E-state index contributed by atoms with van der Waals surface area (Å²) in [6.45, 7) is 1.57. The second kappa shape index (κ2) is 4.71. The molecule has 0 spiro atoms. The number of hydrogen-bond donors (Lipinski definition) is 1. The normalized spacial score (nSPS) is 26.4. The molecule has 0 bridgehead atoms. The Morgan fingerprint density at radius 1 is 1.44 bits per heavy atom. The number of ether oxygens (including phenoxy) is 1. The fourth-order valence-corrected chi connectivity index (χ4v) is 2.83. The molecule has 2 atom stereocenters. The van der Waals surface area contributed by atoms with Crippen LogP contribution in [0.5, 0.6) is 0 Å². The van der Waals surface area contributed by atoms with Gasteiger partial charge in [0.05, 0.1) is 12.1 Å². The number of amides is 1. The Morgan fingerprint density at radius 3 is 3.06 bits per heavy atom. The van der Waals surface area contributed by atoms with E-state index in [1.165, 1.54) is 5.56 Å². The second-order valence-corrected chi connectivity index (χ2v) is 4.92. The quantitative estimate of drug-likeness (QED) is 0.845. The van der Waals surface area contributed by atoms with E-state index in [1.807, 2.05) is 23.1 Å². The van der Waals surface area contributed by atoms with Crippen LogP contribution >= 0.6 is 0 Å². The number of rotatable bonds is 2. The molecular formula is C14H18N2O2. The first-order chi connectivity index (χ1) is 8.79. The van der Waals surface area contributed by atoms with Gasteiger partial charge < -0.3 is 15.0 Å². The van der Waals surface area contributed by atoms with Crippen molar-refractivity contribution in [2.75, 3.05) is 25.1 Å². The zero-order chi connectivity index (χ0) is 12.5. The lowest BCUT2D eigenvalue weighted by atomic mass is 10.1. The summed E-state index contributed by atoms with van der Waals surface area (Å²) in [5.41, 5.74) is 2.34. The van der Waals surface area contributed by atoms with E-state index in [9.17, 15) is 4.79 Å². The van der Waals surface area contributed by atoms with Gasteiger partial charge in [-0.2, -0.15) is 0 Å². The summed E-state index contributed by atoms with van der Waals surface area (Å²) in [5, 5.41) is 3.25. The predicted molar refractivity (Wildman–Crippen MR) is 69.7 cm³/mol. The Balaban J connectivity index is 1.75. The number of carbonyl (C=O) groups excluding carboxylic acids is 1. The molecule has 2 heterocycles. The van der Waals surface area contributed by atoms with Crippen molar-refractivity contribution in [3.05, 3.63) is 29.8 Å². The van der Waals surface area contributed by atoms with Gasteiger partial charge in [0, 0.05) is 25.9 Å². The molecule has 3 rings (SSSR count). The monoisotopic (exact) mass is 246 g/mol. The Bertz CT molecular complexity index is 461. The van der Waals surface area contributed by atoms with Gasteiger partial charge in [-0.3, -0.25) is 4.79 Å². The van der Waals surface area contributed by atoms with E-state index in [2.05, 4.69) is 11.4 Å². The van der Waals surface area contributed by atoms with Gasteiger partial charge in [-0.25, -0.2) is 0 Å². The van der Waals surface area contributed by atoms with Crippen LogP contribution in [0, 0.1) is 0 Å². The summed E-state index contributed by atoms with van der Waals surface area (Å²) < 4.78 is 5.29. The molecule has 2 aliphatic heterocycles. The minimum atomic E-state index is -0.0962. The zero-order valence-electron chi connectivity index (χ0n) is 10.6. The van der Waals surface area contributed by atoms with Crippen LogP contribution in [0.2, 0.25) is 0 Å². The highest BCUT2D eigenvalue weighted by molar-refractivity contribution is 5.99. The number of nitrogens with zero attached hydrogens (tertiary/aromatic N) is 1. The van der Waals surface area contributed by atoms with Gasteiger partial charge in [-0.05, 0) is 24.5 Å². The molecule has 1 aromatic carbocycles. The van der Waals surface area contributed by atoms with E-state index in [1.54, 1.807) is 7.11 Å². The summed E-state index contributed by atoms with van der Waals surface area (Å²) in [5.74, 6) is 0.180. The van der Waals surface area contributed by atoms with Crippen LogP contribution in [-0.4, -0.2) is 38.3 Å². The maximum absolute atomic E-state index is 12.5. The summed E-state index contributed by atoms with van der Waals surface area (Å²) in [7, 11) is 1.70. The molecule has 1 aromatic rings. The first-order valence-corrected chi connectivity index (χ1v) is 6.45. The smallest absolute Gasteiger partial charge is 0.244 e. The van der Waals surface area contributed by atoms with Crippen LogP contribution < -0.4 is 10.2 Å². The number of fused-ring (bicyclic) bond motifs is 1. The minimum absolute atomic E-state index is 0.0962. The van der Waals surface area contributed by atoms with Crippen LogP contribution in [0.15, 0.2) is 24.3 Å². The molecule has 0 aliphatic carbocycles. The van der Waals surface area contributed by atoms with Crippen molar-refractivity contribution >= 4 is 11.6 Å². The third-order valence-corrected chi connectivity index (χ3v) is 3.88. The van der Waals surface area contributed by atoms with E-state index in [-0.39, 0.29) is 18.1 Å². The molecule has 2 unspecified atom stereocenters. The number of benzene rings is 1. The number of anilines is 1. The fraction of sp³-hybridized carbons (Fsp3) is 0.500. The average Bonchev–Trinajstić information content (AvgIpc) is 3.04. The van der Waals surface area contributed by atoms with Gasteiger partial charge in [0.1, 0.15) is 0 Å². The van der Waals surface area contributed by atoms with Crippen LogP contribution in [0.1, 0.15) is 12.0 Å². The van der Waals surface area contributed by atoms with Crippen molar-refractivity contribution in [1.29, 1.82) is 0 Å². The molecule has 1 N–H and O–H groups in total.